The van der Waals surface area contributed by atoms with Crippen molar-refractivity contribution in [2.24, 2.45) is 0 Å². The summed E-state index contributed by atoms with van der Waals surface area (Å²) < 4.78 is 28.3. The molecule has 1 N–H and O–H groups in total. The van der Waals surface area contributed by atoms with Crippen molar-refractivity contribution in [3.05, 3.63) is 63.7 Å². The maximum Gasteiger partial charge on any atom is 0.341 e. The third kappa shape index (κ3) is 4.51. The Morgan fingerprint density at radius 1 is 1.14 bits per heavy atom. The van der Waals surface area contributed by atoms with Gasteiger partial charge in [-0.15, -0.1) is 0 Å². The summed E-state index contributed by atoms with van der Waals surface area (Å²) in [6.07, 6.45) is 1.34. The molecular weight excluding hydrogens is 465 g/mol. The smallest absolute Gasteiger partial charge is 0.341 e. The number of nitrogens with zero attached hydrogens (tertiary/aromatic N) is 3. The summed E-state index contributed by atoms with van der Waals surface area (Å²) >= 11 is 0. The minimum Gasteiger partial charge on any atom is -0.487 e. The van der Waals surface area contributed by atoms with Gasteiger partial charge < -0.3 is 28.9 Å². The summed E-state index contributed by atoms with van der Waals surface area (Å²) in [7, 11) is 1.67. The van der Waals surface area contributed by atoms with Crippen LogP contribution in [0, 0.1) is 5.82 Å². The minimum atomic E-state index is -1.33. The molecule has 0 radical (unpaired) electrons. The van der Waals surface area contributed by atoms with Crippen LogP contribution in [0.15, 0.2) is 41.3 Å². The van der Waals surface area contributed by atoms with Gasteiger partial charge in [-0.25, -0.2) is 9.18 Å². The van der Waals surface area contributed by atoms with Crippen LogP contribution >= 0.6 is 0 Å². The Hall–Kier alpha value is -3.59. The molecule has 1 fully saturated rings. The summed E-state index contributed by atoms with van der Waals surface area (Å²) in [4.78, 5) is 28.6. The Morgan fingerprint density at radius 2 is 1.78 bits per heavy atom. The molecule has 0 spiro atoms. The summed E-state index contributed by atoms with van der Waals surface area (Å²) in [6.45, 7) is 9.24. The highest BCUT2D eigenvalue weighted by Gasteiger charge is 2.31. The van der Waals surface area contributed by atoms with E-state index in [4.69, 9.17) is 9.47 Å². The number of halogens is 1. The zero-order chi connectivity index (χ0) is 26.0. The summed E-state index contributed by atoms with van der Waals surface area (Å²) in [5, 5.41) is 9.48. The van der Waals surface area contributed by atoms with Gasteiger partial charge in [-0.2, -0.15) is 0 Å². The molecule has 0 saturated carbocycles. The van der Waals surface area contributed by atoms with E-state index >= 15 is 4.39 Å². The molecule has 1 atom stereocenters. The fourth-order valence-electron chi connectivity index (χ4n) is 4.82. The quantitative estimate of drug-likeness (QED) is 0.563. The number of benzene rings is 2. The normalized spacial score (nSPS) is 16.9. The molecule has 0 amide bonds. The van der Waals surface area contributed by atoms with Crippen molar-refractivity contribution in [2.75, 3.05) is 49.7 Å². The second-order valence-electron chi connectivity index (χ2n) is 8.75. The lowest BCUT2D eigenvalue weighted by molar-refractivity contribution is 0.0694. The van der Waals surface area contributed by atoms with Gasteiger partial charge >= 0.3 is 5.97 Å². The van der Waals surface area contributed by atoms with Crippen LogP contribution in [0.1, 0.15) is 42.7 Å². The predicted molar refractivity (Wildman–Crippen MR) is 138 cm³/mol. The Bertz CT molecular complexity index is 1310. The van der Waals surface area contributed by atoms with Crippen LogP contribution in [-0.2, 0) is 11.3 Å². The highest BCUT2D eigenvalue weighted by Crippen LogP contribution is 2.42. The Morgan fingerprint density at radius 3 is 2.39 bits per heavy atom. The topological polar surface area (TPSA) is 84.2 Å². The van der Waals surface area contributed by atoms with Crippen molar-refractivity contribution >= 4 is 28.2 Å². The zero-order valence-electron chi connectivity index (χ0n) is 21.1. The van der Waals surface area contributed by atoms with Crippen LogP contribution in [0.5, 0.6) is 5.75 Å². The van der Waals surface area contributed by atoms with E-state index in [0.29, 0.717) is 49.7 Å². The molecule has 1 aromatic heterocycles. The molecule has 5 rings (SSSR count). The summed E-state index contributed by atoms with van der Waals surface area (Å²) in [5.41, 5.74) is 1.90. The van der Waals surface area contributed by atoms with Crippen molar-refractivity contribution in [2.45, 2.75) is 33.4 Å². The number of methoxy groups -OCH3 is 1. The lowest BCUT2D eigenvalue weighted by atomic mass is 10.1. The van der Waals surface area contributed by atoms with Crippen LogP contribution in [-0.4, -0.2) is 55.5 Å². The molecule has 0 unspecified atom stereocenters. The van der Waals surface area contributed by atoms with E-state index in [9.17, 15) is 14.7 Å². The monoisotopic (exact) mass is 497 g/mol. The highest BCUT2D eigenvalue weighted by atomic mass is 19.1. The molecule has 9 heteroatoms. The standard InChI is InChI=1S/C25H26FN3O5.C2H6/c1-15-13-34-24-21-18(23(30)19(25(31)32)12-29(15)21)11-20(26)22(24)28-9-7-27(8-10-28)17-5-3-16(4-6-17)14-33-2;1-2/h3-6,11-12,15H,7-10,13-14H2,1-2H3,(H,31,32);1-2H3/t15-;/m0./s1. The third-order valence-electron chi connectivity index (χ3n) is 6.58. The van der Waals surface area contributed by atoms with E-state index in [1.165, 1.54) is 6.20 Å². The Balaban J connectivity index is 0.00000148. The Labute approximate surface area is 209 Å². The van der Waals surface area contributed by atoms with Crippen molar-refractivity contribution in [1.29, 1.82) is 0 Å². The lowest BCUT2D eigenvalue weighted by Gasteiger charge is -2.39. The van der Waals surface area contributed by atoms with E-state index in [1.807, 2.05) is 37.8 Å². The van der Waals surface area contributed by atoms with Gasteiger partial charge in [0.2, 0.25) is 5.43 Å². The zero-order valence-corrected chi connectivity index (χ0v) is 21.1. The molecule has 3 aromatic rings. The number of carboxylic acids is 1. The van der Waals surface area contributed by atoms with E-state index in [-0.39, 0.29) is 23.6 Å². The lowest BCUT2D eigenvalue weighted by Crippen LogP contribution is -2.47. The number of aromatic nitrogens is 1. The van der Waals surface area contributed by atoms with Gasteiger partial charge in [-0.3, -0.25) is 4.79 Å². The number of piperazine rings is 1. The average Bonchev–Trinajstić information content (AvgIpc) is 2.89. The second-order valence-corrected chi connectivity index (χ2v) is 8.75. The van der Waals surface area contributed by atoms with Gasteiger partial charge in [-0.1, -0.05) is 26.0 Å². The first kappa shape index (κ1) is 25.5. The number of pyridine rings is 1. The molecule has 2 aliphatic rings. The molecule has 0 bridgehead atoms. The summed E-state index contributed by atoms with van der Waals surface area (Å²) in [5.74, 6) is -1.60. The number of hydrogen-bond donors (Lipinski definition) is 1. The average molecular weight is 498 g/mol. The van der Waals surface area contributed by atoms with Crippen LogP contribution in [0.3, 0.4) is 0 Å². The van der Waals surface area contributed by atoms with Crippen LogP contribution in [0.25, 0.3) is 10.9 Å². The number of carbonyl (C=O) groups is 1. The van der Waals surface area contributed by atoms with Crippen molar-refractivity contribution in [3.63, 3.8) is 0 Å². The predicted octanol–water partition coefficient (Wildman–Crippen LogP) is 4.29. The maximum atomic E-state index is 15.4. The van der Waals surface area contributed by atoms with E-state index in [0.717, 1.165) is 17.3 Å². The summed E-state index contributed by atoms with van der Waals surface area (Å²) in [6, 6.07) is 9.17. The van der Waals surface area contributed by atoms with Gasteiger partial charge in [0.1, 0.15) is 17.9 Å². The first-order valence-electron chi connectivity index (χ1n) is 12.2. The maximum absolute atomic E-state index is 15.4. The SMILES string of the molecule is CC.COCc1ccc(N2CCN(c3c(F)cc4c(=O)c(C(=O)O)cn5c4c3OC[C@@H]5C)CC2)cc1. The fourth-order valence-corrected chi connectivity index (χ4v) is 4.82. The van der Waals surface area contributed by atoms with Crippen LogP contribution < -0.4 is 20.0 Å². The van der Waals surface area contributed by atoms with Gasteiger partial charge in [0, 0.05) is 45.2 Å². The van der Waals surface area contributed by atoms with Crippen molar-refractivity contribution in [3.8, 4) is 5.75 Å². The largest absolute Gasteiger partial charge is 0.487 e. The molecule has 1 saturated heterocycles. The number of rotatable bonds is 5. The van der Waals surface area contributed by atoms with Crippen molar-refractivity contribution < 1.29 is 23.8 Å². The molecule has 8 nitrogen and oxygen atoms in total. The number of carboxylic acid groups (broad SMARTS) is 1. The first-order valence-corrected chi connectivity index (χ1v) is 12.2. The molecular formula is C27H32FN3O5. The molecule has 192 valence electrons. The van der Waals surface area contributed by atoms with Crippen LogP contribution in [0.4, 0.5) is 15.8 Å². The third-order valence-corrected chi connectivity index (χ3v) is 6.58. The van der Waals surface area contributed by atoms with Gasteiger partial charge in [0.05, 0.1) is 23.6 Å². The second kappa shape index (κ2) is 10.6. The van der Waals surface area contributed by atoms with Gasteiger partial charge in [-0.05, 0) is 30.7 Å². The highest BCUT2D eigenvalue weighted by molar-refractivity contribution is 5.97. The van der Waals surface area contributed by atoms with Gasteiger partial charge in [0.25, 0.3) is 0 Å². The van der Waals surface area contributed by atoms with Gasteiger partial charge in [0.15, 0.2) is 11.6 Å². The molecule has 3 heterocycles. The van der Waals surface area contributed by atoms with Crippen LogP contribution in [0.2, 0.25) is 0 Å². The number of hydrogen-bond acceptors (Lipinski definition) is 6. The molecule has 0 aliphatic carbocycles. The molecule has 2 aromatic carbocycles. The minimum absolute atomic E-state index is 0.0254. The molecule has 36 heavy (non-hydrogen) atoms. The Kier molecular flexibility index (Phi) is 7.49. The first-order chi connectivity index (χ1) is 17.4. The number of ether oxygens (including phenoxy) is 2. The number of anilines is 2. The van der Waals surface area contributed by atoms with E-state index in [1.54, 1.807) is 11.7 Å². The fraction of sp³-hybridized carbons (Fsp3) is 0.407. The van der Waals surface area contributed by atoms with E-state index < -0.39 is 17.2 Å². The number of aromatic carboxylic acids is 1. The van der Waals surface area contributed by atoms with E-state index in [2.05, 4.69) is 17.0 Å². The van der Waals surface area contributed by atoms with Crippen molar-refractivity contribution in [1.82, 2.24) is 4.57 Å². The molecule has 2 aliphatic heterocycles.